The Labute approximate surface area is 164 Å². The van der Waals surface area contributed by atoms with Crippen LogP contribution in [0.5, 0.6) is 0 Å². The summed E-state index contributed by atoms with van der Waals surface area (Å²) in [5.74, 6) is 1.41. The Kier molecular flexibility index (Phi) is 6.38. The van der Waals surface area contributed by atoms with Crippen molar-refractivity contribution in [2.24, 2.45) is 5.92 Å². The van der Waals surface area contributed by atoms with E-state index in [1.807, 2.05) is 6.92 Å². The van der Waals surface area contributed by atoms with Crippen molar-refractivity contribution in [1.29, 1.82) is 0 Å². The van der Waals surface area contributed by atoms with Gasteiger partial charge in [0, 0.05) is 17.6 Å². The summed E-state index contributed by atoms with van der Waals surface area (Å²) in [4.78, 5) is 29.0. The number of anilines is 2. The van der Waals surface area contributed by atoms with E-state index >= 15 is 0 Å². The molecule has 0 atom stereocenters. The number of nitrogens with zero attached hydrogens (tertiary/aromatic N) is 4. The van der Waals surface area contributed by atoms with Crippen molar-refractivity contribution in [3.8, 4) is 0 Å². The number of carbonyl (C=O) groups is 1. The summed E-state index contributed by atoms with van der Waals surface area (Å²) in [5.41, 5.74) is 1.34. The highest BCUT2D eigenvalue weighted by molar-refractivity contribution is 7.15. The molecule has 3 heterocycles. The molecule has 2 aromatic rings. The van der Waals surface area contributed by atoms with Gasteiger partial charge in [-0.05, 0) is 52.6 Å². The Morgan fingerprint density at radius 3 is 2.78 bits per heavy atom. The maximum atomic E-state index is 12.2. The number of rotatable bonds is 6. The molecule has 1 aliphatic heterocycles. The van der Waals surface area contributed by atoms with Crippen LogP contribution in [0.4, 0.5) is 10.9 Å². The number of thiazole rings is 1. The third-order valence-corrected chi connectivity index (χ3v) is 5.82. The number of aromatic nitrogens is 3. The predicted molar refractivity (Wildman–Crippen MR) is 107 cm³/mol. The normalized spacial score (nSPS) is 15.7. The van der Waals surface area contributed by atoms with Gasteiger partial charge in [-0.3, -0.25) is 4.90 Å². The number of ether oxygens (including phenoxy) is 1. The van der Waals surface area contributed by atoms with Crippen LogP contribution in [-0.4, -0.2) is 45.5 Å². The molecule has 1 saturated heterocycles. The van der Waals surface area contributed by atoms with Gasteiger partial charge < -0.3 is 10.1 Å². The van der Waals surface area contributed by atoms with Gasteiger partial charge >= 0.3 is 5.97 Å². The average Bonchev–Trinajstić information content (AvgIpc) is 2.96. The molecule has 1 fully saturated rings. The Balaban J connectivity index is 1.75. The molecule has 27 heavy (non-hydrogen) atoms. The van der Waals surface area contributed by atoms with E-state index in [9.17, 15) is 4.79 Å². The molecule has 8 heteroatoms. The lowest BCUT2D eigenvalue weighted by atomic mass is 9.99. The van der Waals surface area contributed by atoms with Crippen molar-refractivity contribution in [3.05, 3.63) is 28.2 Å². The third-order valence-electron chi connectivity index (χ3n) is 4.77. The summed E-state index contributed by atoms with van der Waals surface area (Å²) in [5, 5.41) is 3.93. The molecule has 0 spiro atoms. The van der Waals surface area contributed by atoms with E-state index in [1.54, 1.807) is 25.2 Å². The van der Waals surface area contributed by atoms with Crippen molar-refractivity contribution < 1.29 is 9.53 Å². The topological polar surface area (TPSA) is 80.2 Å². The fourth-order valence-electron chi connectivity index (χ4n) is 3.08. The second-order valence-electron chi connectivity index (χ2n) is 7.01. The lowest BCUT2D eigenvalue weighted by Crippen LogP contribution is -2.32. The first-order valence-corrected chi connectivity index (χ1v) is 10.2. The summed E-state index contributed by atoms with van der Waals surface area (Å²) in [6.07, 6.45) is 4.01. The highest BCUT2D eigenvalue weighted by Crippen LogP contribution is 2.29. The molecular formula is C19H27N5O2S. The zero-order valence-electron chi connectivity index (χ0n) is 16.4. The molecule has 0 unspecified atom stereocenters. The van der Waals surface area contributed by atoms with Gasteiger partial charge in [0.25, 0.3) is 0 Å². The molecule has 0 saturated carbocycles. The highest BCUT2D eigenvalue weighted by atomic mass is 32.1. The van der Waals surface area contributed by atoms with E-state index < -0.39 is 5.97 Å². The van der Waals surface area contributed by atoms with E-state index in [0.29, 0.717) is 23.8 Å². The highest BCUT2D eigenvalue weighted by Gasteiger charge is 2.20. The van der Waals surface area contributed by atoms with E-state index in [2.05, 4.69) is 32.1 Å². The number of nitrogens with one attached hydrogen (secondary N) is 1. The Bertz CT molecular complexity index is 799. The molecule has 3 rings (SSSR count). The molecule has 0 aromatic carbocycles. The van der Waals surface area contributed by atoms with Crippen LogP contribution in [0.15, 0.2) is 6.20 Å². The molecule has 7 nitrogen and oxygen atoms in total. The van der Waals surface area contributed by atoms with Gasteiger partial charge in [0.05, 0.1) is 12.3 Å². The van der Waals surface area contributed by atoms with Gasteiger partial charge in [-0.2, -0.15) is 0 Å². The summed E-state index contributed by atoms with van der Waals surface area (Å²) >= 11 is 1.61. The van der Waals surface area contributed by atoms with Crippen LogP contribution in [0.2, 0.25) is 0 Å². The fourth-order valence-corrected chi connectivity index (χ4v) is 4.08. The van der Waals surface area contributed by atoms with Crippen molar-refractivity contribution in [2.75, 3.05) is 25.0 Å². The number of hydrogen-bond acceptors (Lipinski definition) is 8. The molecule has 1 N–H and O–H groups in total. The van der Waals surface area contributed by atoms with Crippen molar-refractivity contribution in [2.45, 2.75) is 47.1 Å². The molecule has 0 radical (unpaired) electrons. The van der Waals surface area contributed by atoms with Crippen LogP contribution >= 0.6 is 11.3 Å². The number of carbonyl (C=O) groups excluding carboxylic acids is 1. The quantitative estimate of drug-likeness (QED) is 0.755. The van der Waals surface area contributed by atoms with Crippen LogP contribution in [0, 0.1) is 19.8 Å². The van der Waals surface area contributed by atoms with E-state index in [1.165, 1.54) is 23.9 Å². The Morgan fingerprint density at radius 1 is 1.33 bits per heavy atom. The zero-order valence-corrected chi connectivity index (χ0v) is 17.2. The summed E-state index contributed by atoms with van der Waals surface area (Å²) in [7, 11) is 0. The number of piperidine rings is 1. The first-order chi connectivity index (χ1) is 13.0. The first kappa shape index (κ1) is 19.7. The Morgan fingerprint density at radius 2 is 2.07 bits per heavy atom. The summed E-state index contributed by atoms with van der Waals surface area (Å²) in [6, 6.07) is 0. The van der Waals surface area contributed by atoms with Gasteiger partial charge in [-0.1, -0.05) is 6.92 Å². The minimum Gasteiger partial charge on any atom is -0.462 e. The lowest BCUT2D eigenvalue weighted by molar-refractivity contribution is 0.0526. The number of aryl methyl sites for hydroxylation is 2. The Hall–Kier alpha value is -2.06. The van der Waals surface area contributed by atoms with Crippen LogP contribution in [0.25, 0.3) is 0 Å². The molecule has 146 valence electrons. The molecule has 2 aromatic heterocycles. The number of esters is 1. The lowest BCUT2D eigenvalue weighted by Gasteiger charge is -2.29. The molecule has 0 bridgehead atoms. The van der Waals surface area contributed by atoms with Gasteiger partial charge in [0.1, 0.15) is 11.4 Å². The second-order valence-corrected chi connectivity index (χ2v) is 8.09. The number of hydrogen-bond donors (Lipinski definition) is 1. The molecular weight excluding hydrogens is 362 g/mol. The minimum atomic E-state index is -0.434. The van der Waals surface area contributed by atoms with E-state index in [-0.39, 0.29) is 0 Å². The fraction of sp³-hybridized carbons (Fsp3) is 0.579. The number of likely N-dealkylation sites (tertiary alicyclic amines) is 1. The van der Waals surface area contributed by atoms with Gasteiger partial charge in [-0.15, -0.1) is 11.3 Å². The average molecular weight is 390 g/mol. The predicted octanol–water partition coefficient (Wildman–Crippen LogP) is 3.70. The van der Waals surface area contributed by atoms with Crippen molar-refractivity contribution in [1.82, 2.24) is 19.9 Å². The SMILES string of the molecule is CCOC(=O)c1cnc(C)nc1Nc1nc(C)c(CN2CCC(C)CC2)s1. The summed E-state index contributed by atoms with van der Waals surface area (Å²) < 4.78 is 5.10. The largest absolute Gasteiger partial charge is 0.462 e. The van der Waals surface area contributed by atoms with Gasteiger partial charge in [0.15, 0.2) is 10.9 Å². The zero-order chi connectivity index (χ0) is 19.4. The smallest absolute Gasteiger partial charge is 0.343 e. The molecule has 1 aliphatic rings. The van der Waals surface area contributed by atoms with Crippen molar-refractivity contribution >= 4 is 28.3 Å². The maximum Gasteiger partial charge on any atom is 0.343 e. The van der Waals surface area contributed by atoms with Crippen LogP contribution in [0.3, 0.4) is 0 Å². The third kappa shape index (κ3) is 5.01. The van der Waals surface area contributed by atoms with Crippen LogP contribution in [-0.2, 0) is 11.3 Å². The van der Waals surface area contributed by atoms with Crippen molar-refractivity contribution in [3.63, 3.8) is 0 Å². The standard InChI is InChI=1S/C19H27N5O2S/c1-5-26-18(25)15-10-20-14(4)22-17(15)23-19-21-13(3)16(27-19)11-24-8-6-12(2)7-9-24/h10,12H,5-9,11H2,1-4H3,(H,20,21,22,23). The first-order valence-electron chi connectivity index (χ1n) is 9.42. The minimum absolute atomic E-state index is 0.307. The van der Waals surface area contributed by atoms with Gasteiger partial charge in [-0.25, -0.2) is 19.7 Å². The van der Waals surface area contributed by atoms with Crippen LogP contribution < -0.4 is 5.32 Å². The molecule has 0 aliphatic carbocycles. The molecule has 0 amide bonds. The van der Waals surface area contributed by atoms with Crippen LogP contribution in [0.1, 0.15) is 53.4 Å². The van der Waals surface area contributed by atoms with E-state index in [4.69, 9.17) is 4.74 Å². The van der Waals surface area contributed by atoms with E-state index in [0.717, 1.165) is 36.4 Å². The second kappa shape index (κ2) is 8.75. The maximum absolute atomic E-state index is 12.2. The monoisotopic (exact) mass is 389 g/mol. The van der Waals surface area contributed by atoms with Gasteiger partial charge in [0.2, 0.25) is 0 Å². The summed E-state index contributed by atoms with van der Waals surface area (Å²) in [6.45, 7) is 11.4.